The van der Waals surface area contributed by atoms with Crippen molar-refractivity contribution in [1.29, 1.82) is 0 Å². The van der Waals surface area contributed by atoms with E-state index in [0.29, 0.717) is 12.2 Å². The minimum absolute atomic E-state index is 0.0342. The molecule has 0 bridgehead atoms. The number of carbonyl (C=O) groups excluding carboxylic acids is 1. The number of rotatable bonds is 2. The predicted molar refractivity (Wildman–Crippen MR) is 44.5 cm³/mol. The molecule has 3 heteroatoms. The highest BCUT2D eigenvalue weighted by Gasteiger charge is 2.34. The smallest absolute Gasteiger partial charge is 0.167 e. The van der Waals surface area contributed by atoms with E-state index in [1.54, 1.807) is 14.0 Å². The van der Waals surface area contributed by atoms with Crippen LogP contribution in [0.2, 0.25) is 0 Å². The van der Waals surface area contributed by atoms with E-state index in [-0.39, 0.29) is 12.4 Å². The minimum Gasteiger partial charge on any atom is -0.501 e. The van der Waals surface area contributed by atoms with Gasteiger partial charge in [-0.15, -0.1) is 0 Å². The summed E-state index contributed by atoms with van der Waals surface area (Å²) in [4.78, 5) is 11.4. The maximum Gasteiger partial charge on any atom is 0.167 e. The van der Waals surface area contributed by atoms with Crippen LogP contribution in [0.25, 0.3) is 0 Å². The Balaban J connectivity index is 2.80. The van der Waals surface area contributed by atoms with Crippen molar-refractivity contribution < 1.29 is 14.6 Å². The van der Waals surface area contributed by atoms with Crippen molar-refractivity contribution in [2.45, 2.75) is 19.8 Å². The lowest BCUT2D eigenvalue weighted by Gasteiger charge is -2.28. The first-order valence-electron chi connectivity index (χ1n) is 4.02. The van der Waals surface area contributed by atoms with Gasteiger partial charge >= 0.3 is 0 Å². The zero-order chi connectivity index (χ0) is 9.19. The first kappa shape index (κ1) is 9.26. The molecule has 0 fully saturated rings. The van der Waals surface area contributed by atoms with Crippen LogP contribution in [0.15, 0.2) is 11.8 Å². The Morgan fingerprint density at radius 3 is 2.83 bits per heavy atom. The Morgan fingerprint density at radius 1 is 1.75 bits per heavy atom. The van der Waals surface area contributed by atoms with Gasteiger partial charge in [0.15, 0.2) is 5.78 Å². The summed E-state index contributed by atoms with van der Waals surface area (Å²) in [5, 5.41) is 8.99. The molecule has 0 aromatic heterocycles. The Hall–Kier alpha value is -0.830. The molecule has 1 atom stereocenters. The summed E-state index contributed by atoms with van der Waals surface area (Å²) in [7, 11) is 1.56. The summed E-state index contributed by atoms with van der Waals surface area (Å²) in [6, 6.07) is 0. The number of hydrogen-bond acceptors (Lipinski definition) is 3. The number of methoxy groups -OCH3 is 1. The van der Waals surface area contributed by atoms with Crippen LogP contribution in [0, 0.1) is 5.41 Å². The largest absolute Gasteiger partial charge is 0.501 e. The van der Waals surface area contributed by atoms with E-state index in [2.05, 4.69) is 0 Å². The summed E-state index contributed by atoms with van der Waals surface area (Å²) >= 11 is 0. The summed E-state index contributed by atoms with van der Waals surface area (Å²) < 4.78 is 4.96. The van der Waals surface area contributed by atoms with Gasteiger partial charge in [-0.1, -0.05) is 6.92 Å². The zero-order valence-corrected chi connectivity index (χ0v) is 7.46. The molecule has 0 saturated heterocycles. The quantitative estimate of drug-likeness (QED) is 0.669. The number of allylic oxidation sites excluding steroid dienone is 2. The topological polar surface area (TPSA) is 46.5 Å². The molecule has 1 N–H and O–H groups in total. The van der Waals surface area contributed by atoms with Crippen molar-refractivity contribution in [1.82, 2.24) is 0 Å². The van der Waals surface area contributed by atoms with Gasteiger partial charge in [0.1, 0.15) is 0 Å². The van der Waals surface area contributed by atoms with Crippen LogP contribution in [0.1, 0.15) is 19.8 Å². The van der Waals surface area contributed by atoms with Crippen LogP contribution in [0.5, 0.6) is 0 Å². The van der Waals surface area contributed by atoms with Gasteiger partial charge in [-0.2, -0.15) is 0 Å². The number of ketones is 1. The molecule has 0 spiro atoms. The molecule has 68 valence electrons. The molecule has 0 aliphatic heterocycles. The summed E-state index contributed by atoms with van der Waals surface area (Å²) in [6.07, 6.45) is 2.89. The Bertz CT molecular complexity index is 220. The van der Waals surface area contributed by atoms with Gasteiger partial charge in [-0.25, -0.2) is 0 Å². The average molecular weight is 170 g/mol. The van der Waals surface area contributed by atoms with Gasteiger partial charge in [-0.3, -0.25) is 4.79 Å². The van der Waals surface area contributed by atoms with Crippen molar-refractivity contribution in [3.05, 3.63) is 11.8 Å². The number of aliphatic hydroxyl groups excluding tert-OH is 1. The van der Waals surface area contributed by atoms with E-state index in [4.69, 9.17) is 9.84 Å². The van der Waals surface area contributed by atoms with Gasteiger partial charge in [0, 0.05) is 12.5 Å². The second kappa shape index (κ2) is 3.27. The highest BCUT2D eigenvalue weighted by molar-refractivity contribution is 5.95. The van der Waals surface area contributed by atoms with E-state index < -0.39 is 5.41 Å². The van der Waals surface area contributed by atoms with Crippen molar-refractivity contribution >= 4 is 5.78 Å². The van der Waals surface area contributed by atoms with Crippen molar-refractivity contribution in [2.24, 2.45) is 5.41 Å². The normalized spacial score (nSPS) is 29.9. The van der Waals surface area contributed by atoms with Crippen LogP contribution >= 0.6 is 0 Å². The van der Waals surface area contributed by atoms with Crippen LogP contribution in [0.4, 0.5) is 0 Å². The van der Waals surface area contributed by atoms with Crippen molar-refractivity contribution in [2.75, 3.05) is 13.7 Å². The molecule has 1 unspecified atom stereocenters. The van der Waals surface area contributed by atoms with Gasteiger partial charge < -0.3 is 9.84 Å². The lowest BCUT2D eigenvalue weighted by atomic mass is 9.78. The molecule has 0 radical (unpaired) electrons. The van der Waals surface area contributed by atoms with E-state index in [9.17, 15) is 4.79 Å². The van der Waals surface area contributed by atoms with E-state index in [0.717, 1.165) is 6.42 Å². The van der Waals surface area contributed by atoms with Gasteiger partial charge in [-0.05, 0) is 6.42 Å². The van der Waals surface area contributed by atoms with Gasteiger partial charge in [0.05, 0.1) is 24.9 Å². The molecule has 3 nitrogen and oxygen atoms in total. The Labute approximate surface area is 72.0 Å². The molecule has 1 rings (SSSR count). The highest BCUT2D eigenvalue weighted by Crippen LogP contribution is 2.31. The van der Waals surface area contributed by atoms with E-state index in [1.807, 2.05) is 0 Å². The monoisotopic (exact) mass is 170 g/mol. The third kappa shape index (κ3) is 1.50. The SMILES string of the molecule is COC1=CC(=O)C(C)(CO)CC1. The average Bonchev–Trinajstić information content (AvgIpc) is 2.10. The molecule has 0 aromatic carbocycles. The first-order valence-corrected chi connectivity index (χ1v) is 4.02. The second-order valence-electron chi connectivity index (χ2n) is 3.40. The number of ether oxygens (including phenoxy) is 1. The third-order valence-corrected chi connectivity index (χ3v) is 2.42. The van der Waals surface area contributed by atoms with Crippen LogP contribution in [-0.2, 0) is 9.53 Å². The molecular weight excluding hydrogens is 156 g/mol. The first-order chi connectivity index (χ1) is 5.62. The predicted octanol–water partition coefficient (Wildman–Crippen LogP) is 0.878. The standard InChI is InChI=1S/C9H14O3/c1-9(6-10)4-3-7(12-2)5-8(9)11/h5,10H,3-4,6H2,1-2H3. The number of aliphatic hydroxyl groups is 1. The van der Waals surface area contributed by atoms with Gasteiger partial charge in [0.2, 0.25) is 0 Å². The molecule has 0 amide bonds. The van der Waals surface area contributed by atoms with Gasteiger partial charge in [0.25, 0.3) is 0 Å². The van der Waals surface area contributed by atoms with Crippen LogP contribution in [-0.4, -0.2) is 24.6 Å². The third-order valence-electron chi connectivity index (χ3n) is 2.42. The summed E-state index contributed by atoms with van der Waals surface area (Å²) in [6.45, 7) is 1.69. The fraction of sp³-hybridized carbons (Fsp3) is 0.667. The Morgan fingerprint density at radius 2 is 2.42 bits per heavy atom. The fourth-order valence-corrected chi connectivity index (χ4v) is 1.23. The fourth-order valence-electron chi connectivity index (χ4n) is 1.23. The molecule has 12 heavy (non-hydrogen) atoms. The molecule has 0 saturated carbocycles. The van der Waals surface area contributed by atoms with E-state index >= 15 is 0 Å². The maximum absolute atomic E-state index is 11.4. The molecule has 0 heterocycles. The summed E-state index contributed by atoms with van der Waals surface area (Å²) in [5.41, 5.74) is -0.581. The Kier molecular flexibility index (Phi) is 2.52. The van der Waals surface area contributed by atoms with Crippen molar-refractivity contribution in [3.63, 3.8) is 0 Å². The lowest BCUT2D eigenvalue weighted by molar-refractivity contribution is -0.126. The molecular formula is C9H14O3. The molecule has 0 aromatic rings. The molecule has 1 aliphatic carbocycles. The lowest BCUT2D eigenvalue weighted by Crippen LogP contribution is -2.33. The van der Waals surface area contributed by atoms with Crippen LogP contribution in [0.3, 0.4) is 0 Å². The number of hydrogen-bond donors (Lipinski definition) is 1. The zero-order valence-electron chi connectivity index (χ0n) is 7.46. The van der Waals surface area contributed by atoms with E-state index in [1.165, 1.54) is 6.08 Å². The summed E-state index contributed by atoms with van der Waals surface area (Å²) in [5.74, 6) is 0.680. The van der Waals surface area contributed by atoms with Crippen molar-refractivity contribution in [3.8, 4) is 0 Å². The van der Waals surface area contributed by atoms with Crippen LogP contribution < -0.4 is 0 Å². The maximum atomic E-state index is 11.4. The second-order valence-corrected chi connectivity index (χ2v) is 3.40. The number of carbonyl (C=O) groups is 1. The molecule has 1 aliphatic rings. The highest BCUT2D eigenvalue weighted by atomic mass is 16.5. The minimum atomic E-state index is -0.581.